The van der Waals surface area contributed by atoms with Crippen molar-refractivity contribution in [1.29, 1.82) is 0 Å². The third kappa shape index (κ3) is 7.20. The Morgan fingerprint density at radius 3 is 3.11 bits per heavy atom. The Morgan fingerprint density at radius 1 is 1.46 bits per heavy atom. The lowest BCUT2D eigenvalue weighted by molar-refractivity contribution is 0.0168. The van der Waals surface area contributed by atoms with Gasteiger partial charge in [0.05, 0.1) is 17.7 Å². The normalized spacial score (nSPS) is 22.2. The first-order valence-corrected chi connectivity index (χ1v) is 10.2. The Labute approximate surface area is 189 Å². The second kappa shape index (κ2) is 12.7. The van der Waals surface area contributed by atoms with Crippen LogP contribution in [0.1, 0.15) is 25.7 Å². The Morgan fingerprint density at radius 2 is 2.36 bits per heavy atom. The molecule has 158 valence electrons. The van der Waals surface area contributed by atoms with Crippen LogP contribution in [0.3, 0.4) is 0 Å². The van der Waals surface area contributed by atoms with E-state index in [0.717, 1.165) is 70.3 Å². The number of guanidine groups is 1. The molecule has 0 spiro atoms. The van der Waals surface area contributed by atoms with Crippen LogP contribution in [0.2, 0.25) is 5.02 Å². The van der Waals surface area contributed by atoms with Crippen LogP contribution in [0, 0.1) is 0 Å². The monoisotopic (exact) mass is 523 g/mol. The molecule has 28 heavy (non-hydrogen) atoms. The van der Waals surface area contributed by atoms with Gasteiger partial charge in [0.15, 0.2) is 5.96 Å². The SMILES string of the molecule is CN=C(NCCCOCC1CCCO1)NC1CCN(c2ncccc2Cl)C1.I. The number of nitrogens with one attached hydrogen (secondary N) is 2. The van der Waals surface area contributed by atoms with E-state index in [1.54, 1.807) is 13.2 Å². The van der Waals surface area contributed by atoms with E-state index in [1.165, 1.54) is 0 Å². The van der Waals surface area contributed by atoms with E-state index in [2.05, 4.69) is 25.5 Å². The first kappa shape index (κ1) is 23.4. The van der Waals surface area contributed by atoms with E-state index in [0.29, 0.717) is 23.8 Å². The van der Waals surface area contributed by atoms with Crippen LogP contribution >= 0.6 is 35.6 Å². The highest BCUT2D eigenvalue weighted by molar-refractivity contribution is 14.0. The summed E-state index contributed by atoms with van der Waals surface area (Å²) in [6.45, 7) is 4.95. The Balaban J connectivity index is 0.00000280. The summed E-state index contributed by atoms with van der Waals surface area (Å²) < 4.78 is 11.2. The van der Waals surface area contributed by atoms with Crippen molar-refractivity contribution in [3.8, 4) is 0 Å². The van der Waals surface area contributed by atoms with Crippen LogP contribution in [0.5, 0.6) is 0 Å². The van der Waals surface area contributed by atoms with Gasteiger partial charge in [-0.15, -0.1) is 24.0 Å². The molecule has 2 atom stereocenters. The van der Waals surface area contributed by atoms with Crippen LogP contribution in [-0.4, -0.2) is 69.6 Å². The Hall–Kier alpha value is -0.840. The number of aliphatic imine (C=N–C) groups is 1. The topological polar surface area (TPSA) is 71.0 Å². The minimum absolute atomic E-state index is 0. The molecule has 2 aliphatic heterocycles. The van der Waals surface area contributed by atoms with Gasteiger partial charge in [-0.25, -0.2) is 4.98 Å². The molecule has 7 nitrogen and oxygen atoms in total. The third-order valence-electron chi connectivity index (χ3n) is 4.88. The molecule has 0 bridgehead atoms. The fraction of sp³-hybridized carbons (Fsp3) is 0.684. The summed E-state index contributed by atoms with van der Waals surface area (Å²) in [5, 5.41) is 7.54. The summed E-state index contributed by atoms with van der Waals surface area (Å²) in [6.07, 6.45) is 6.32. The highest BCUT2D eigenvalue weighted by atomic mass is 127. The molecule has 2 unspecified atom stereocenters. The molecule has 2 N–H and O–H groups in total. The molecule has 1 aromatic heterocycles. The molecule has 0 saturated carbocycles. The number of halogens is 2. The van der Waals surface area contributed by atoms with Gasteiger partial charge in [0.25, 0.3) is 0 Å². The fourth-order valence-electron chi connectivity index (χ4n) is 3.44. The van der Waals surface area contributed by atoms with Gasteiger partial charge in [-0.1, -0.05) is 11.6 Å². The molecular weight excluding hydrogens is 493 g/mol. The van der Waals surface area contributed by atoms with Gasteiger partial charge in [-0.05, 0) is 37.8 Å². The molecule has 2 saturated heterocycles. The average Bonchev–Trinajstić information content (AvgIpc) is 3.36. The van der Waals surface area contributed by atoms with E-state index >= 15 is 0 Å². The standard InChI is InChI=1S/C19H30ClN5O2.HI/c1-21-19(23-9-4-11-26-14-16-5-3-12-27-16)24-15-7-10-25(13-15)18-17(20)6-2-8-22-18;/h2,6,8,15-16H,3-5,7,9-14H2,1H3,(H2,21,23,24);1H. The zero-order valence-corrected chi connectivity index (χ0v) is 19.5. The molecule has 0 amide bonds. The zero-order valence-electron chi connectivity index (χ0n) is 16.4. The maximum atomic E-state index is 6.26. The molecule has 2 aliphatic rings. The van der Waals surface area contributed by atoms with Gasteiger partial charge >= 0.3 is 0 Å². The van der Waals surface area contributed by atoms with Crippen molar-refractivity contribution in [2.75, 3.05) is 51.4 Å². The Bertz CT molecular complexity index is 616. The van der Waals surface area contributed by atoms with Crippen LogP contribution in [-0.2, 0) is 9.47 Å². The molecule has 1 aromatic rings. The van der Waals surface area contributed by atoms with E-state index in [4.69, 9.17) is 21.1 Å². The number of hydrogen-bond acceptors (Lipinski definition) is 5. The summed E-state index contributed by atoms with van der Waals surface area (Å²) in [5.74, 6) is 1.68. The van der Waals surface area contributed by atoms with Gasteiger partial charge in [-0.2, -0.15) is 0 Å². The number of ether oxygens (including phenoxy) is 2. The van der Waals surface area contributed by atoms with E-state index < -0.39 is 0 Å². The predicted octanol–water partition coefficient (Wildman–Crippen LogP) is 2.68. The van der Waals surface area contributed by atoms with Crippen molar-refractivity contribution in [2.45, 2.75) is 37.8 Å². The number of anilines is 1. The lowest BCUT2D eigenvalue weighted by Gasteiger charge is -2.20. The summed E-state index contributed by atoms with van der Waals surface area (Å²) >= 11 is 6.26. The molecule has 3 heterocycles. The number of aromatic nitrogens is 1. The van der Waals surface area contributed by atoms with Crippen LogP contribution in [0.4, 0.5) is 5.82 Å². The second-order valence-corrected chi connectivity index (χ2v) is 7.35. The van der Waals surface area contributed by atoms with Crippen molar-refractivity contribution < 1.29 is 9.47 Å². The highest BCUT2D eigenvalue weighted by Crippen LogP contribution is 2.25. The van der Waals surface area contributed by atoms with Gasteiger partial charge in [0.1, 0.15) is 5.82 Å². The molecule has 0 aliphatic carbocycles. The van der Waals surface area contributed by atoms with Gasteiger partial charge in [0.2, 0.25) is 0 Å². The quantitative estimate of drug-likeness (QED) is 0.236. The van der Waals surface area contributed by atoms with Crippen LogP contribution in [0.15, 0.2) is 23.3 Å². The van der Waals surface area contributed by atoms with Crippen molar-refractivity contribution in [3.63, 3.8) is 0 Å². The first-order valence-electron chi connectivity index (χ1n) is 9.78. The van der Waals surface area contributed by atoms with Crippen molar-refractivity contribution in [2.24, 2.45) is 4.99 Å². The maximum Gasteiger partial charge on any atom is 0.191 e. The Kier molecular flexibility index (Phi) is 10.6. The summed E-state index contributed by atoms with van der Waals surface area (Å²) in [7, 11) is 1.80. The largest absolute Gasteiger partial charge is 0.379 e. The second-order valence-electron chi connectivity index (χ2n) is 6.95. The van der Waals surface area contributed by atoms with Crippen molar-refractivity contribution in [3.05, 3.63) is 23.4 Å². The van der Waals surface area contributed by atoms with Gasteiger partial charge in [0, 0.05) is 52.1 Å². The van der Waals surface area contributed by atoms with Crippen LogP contribution < -0.4 is 15.5 Å². The highest BCUT2D eigenvalue weighted by Gasteiger charge is 2.25. The van der Waals surface area contributed by atoms with E-state index in [1.807, 2.05) is 12.1 Å². The molecule has 0 aromatic carbocycles. The lowest BCUT2D eigenvalue weighted by atomic mass is 10.2. The zero-order chi connectivity index (χ0) is 18.9. The van der Waals surface area contributed by atoms with Gasteiger partial charge < -0.3 is 25.0 Å². The maximum absolute atomic E-state index is 6.26. The number of rotatable bonds is 8. The van der Waals surface area contributed by atoms with Gasteiger partial charge in [-0.3, -0.25) is 4.99 Å². The van der Waals surface area contributed by atoms with Crippen LogP contribution in [0.25, 0.3) is 0 Å². The summed E-state index contributed by atoms with van der Waals surface area (Å²) in [4.78, 5) is 10.9. The number of hydrogen-bond donors (Lipinski definition) is 2. The average molecular weight is 524 g/mol. The van der Waals surface area contributed by atoms with Crippen molar-refractivity contribution >= 4 is 47.4 Å². The van der Waals surface area contributed by atoms with E-state index in [9.17, 15) is 0 Å². The smallest absolute Gasteiger partial charge is 0.191 e. The number of pyridine rings is 1. The predicted molar refractivity (Wildman–Crippen MR) is 124 cm³/mol. The molecular formula is C19H31ClIN5O2. The fourth-order valence-corrected chi connectivity index (χ4v) is 3.68. The molecule has 3 rings (SSSR count). The molecule has 0 radical (unpaired) electrons. The summed E-state index contributed by atoms with van der Waals surface area (Å²) in [6, 6.07) is 4.06. The third-order valence-corrected chi connectivity index (χ3v) is 5.17. The number of nitrogens with zero attached hydrogens (tertiary/aromatic N) is 3. The van der Waals surface area contributed by atoms with E-state index in [-0.39, 0.29) is 24.0 Å². The van der Waals surface area contributed by atoms with Crippen molar-refractivity contribution in [1.82, 2.24) is 15.6 Å². The molecule has 9 heteroatoms. The summed E-state index contributed by atoms with van der Waals surface area (Å²) in [5.41, 5.74) is 0. The minimum Gasteiger partial charge on any atom is -0.379 e. The minimum atomic E-state index is 0. The molecule has 2 fully saturated rings. The lowest BCUT2D eigenvalue weighted by Crippen LogP contribution is -2.45. The first-order chi connectivity index (χ1) is 13.3.